The maximum absolute atomic E-state index is 3.18. The molecule has 0 aliphatic carbocycles. The standard InChI is InChI=1S/C16H22N2/c1-17-11-13-18(2)12-10-15-8-5-7-14-6-3-4-9-16(14)15/h3-9,17H,10-13H2,1-2H3. The molecule has 1 N–H and O–H groups in total. The lowest BCUT2D eigenvalue weighted by molar-refractivity contribution is 0.340. The first kappa shape index (κ1) is 13.1. The summed E-state index contributed by atoms with van der Waals surface area (Å²) in [5, 5.41) is 5.92. The highest BCUT2D eigenvalue weighted by Crippen LogP contribution is 2.18. The van der Waals surface area contributed by atoms with Crippen molar-refractivity contribution < 1.29 is 0 Å². The molecular formula is C16H22N2. The van der Waals surface area contributed by atoms with E-state index in [9.17, 15) is 0 Å². The summed E-state index contributed by atoms with van der Waals surface area (Å²) in [5.74, 6) is 0. The van der Waals surface area contributed by atoms with Gasteiger partial charge in [-0.25, -0.2) is 0 Å². The largest absolute Gasteiger partial charge is 0.318 e. The number of hydrogen-bond acceptors (Lipinski definition) is 2. The van der Waals surface area contributed by atoms with Crippen LogP contribution < -0.4 is 5.32 Å². The Balaban J connectivity index is 2.03. The summed E-state index contributed by atoms with van der Waals surface area (Å²) in [7, 11) is 4.18. The normalized spacial score (nSPS) is 11.3. The summed E-state index contributed by atoms with van der Waals surface area (Å²) in [4.78, 5) is 2.37. The maximum atomic E-state index is 3.18. The van der Waals surface area contributed by atoms with Crippen LogP contribution in [0, 0.1) is 0 Å². The highest BCUT2D eigenvalue weighted by atomic mass is 15.1. The summed E-state index contributed by atoms with van der Waals surface area (Å²) < 4.78 is 0. The van der Waals surface area contributed by atoms with E-state index in [0.717, 1.165) is 26.1 Å². The third kappa shape index (κ3) is 3.31. The number of benzene rings is 2. The second-order valence-electron chi connectivity index (χ2n) is 4.80. The van der Waals surface area contributed by atoms with Gasteiger partial charge in [0.05, 0.1) is 0 Å². The molecule has 0 aromatic heterocycles. The highest BCUT2D eigenvalue weighted by Gasteiger charge is 2.02. The van der Waals surface area contributed by atoms with Crippen LogP contribution in [0.2, 0.25) is 0 Å². The number of nitrogens with one attached hydrogen (secondary N) is 1. The van der Waals surface area contributed by atoms with Gasteiger partial charge < -0.3 is 10.2 Å². The van der Waals surface area contributed by atoms with E-state index in [1.807, 2.05) is 7.05 Å². The van der Waals surface area contributed by atoms with Crippen LogP contribution in [0.1, 0.15) is 5.56 Å². The molecule has 0 spiro atoms. The van der Waals surface area contributed by atoms with Crippen LogP contribution in [0.3, 0.4) is 0 Å². The Labute approximate surface area is 110 Å². The molecule has 96 valence electrons. The van der Waals surface area contributed by atoms with Crippen molar-refractivity contribution in [2.75, 3.05) is 33.7 Å². The second kappa shape index (κ2) is 6.53. The van der Waals surface area contributed by atoms with Crippen molar-refractivity contribution in [1.82, 2.24) is 10.2 Å². The van der Waals surface area contributed by atoms with Gasteiger partial charge in [-0.1, -0.05) is 42.5 Å². The lowest BCUT2D eigenvalue weighted by Crippen LogP contribution is -2.29. The average molecular weight is 242 g/mol. The van der Waals surface area contributed by atoms with Gasteiger partial charge >= 0.3 is 0 Å². The zero-order valence-corrected chi connectivity index (χ0v) is 11.3. The zero-order chi connectivity index (χ0) is 12.8. The molecule has 2 rings (SSSR count). The second-order valence-corrected chi connectivity index (χ2v) is 4.80. The van der Waals surface area contributed by atoms with Gasteiger partial charge in [-0.05, 0) is 36.9 Å². The summed E-state index contributed by atoms with van der Waals surface area (Å²) in [6.45, 7) is 3.25. The fourth-order valence-corrected chi connectivity index (χ4v) is 2.24. The van der Waals surface area contributed by atoms with E-state index in [4.69, 9.17) is 0 Å². The molecule has 0 aliphatic rings. The molecule has 0 aliphatic heterocycles. The smallest absolute Gasteiger partial charge is 0.0104 e. The van der Waals surface area contributed by atoms with Crippen LogP contribution in [0.25, 0.3) is 10.8 Å². The van der Waals surface area contributed by atoms with Crippen LogP contribution in [0.4, 0.5) is 0 Å². The third-order valence-electron chi connectivity index (χ3n) is 3.39. The minimum absolute atomic E-state index is 1.05. The predicted molar refractivity (Wildman–Crippen MR) is 79.1 cm³/mol. The monoisotopic (exact) mass is 242 g/mol. The van der Waals surface area contributed by atoms with Crippen molar-refractivity contribution in [3.05, 3.63) is 48.0 Å². The van der Waals surface area contributed by atoms with E-state index in [0.29, 0.717) is 0 Å². The van der Waals surface area contributed by atoms with E-state index < -0.39 is 0 Å². The number of hydrogen-bond donors (Lipinski definition) is 1. The first-order valence-electron chi connectivity index (χ1n) is 6.61. The lowest BCUT2D eigenvalue weighted by atomic mass is 10.0. The maximum Gasteiger partial charge on any atom is 0.0104 e. The molecule has 0 saturated carbocycles. The van der Waals surface area contributed by atoms with Crippen molar-refractivity contribution in [2.24, 2.45) is 0 Å². The number of rotatable bonds is 6. The number of nitrogens with zero attached hydrogens (tertiary/aromatic N) is 1. The third-order valence-corrected chi connectivity index (χ3v) is 3.39. The van der Waals surface area contributed by atoms with E-state index in [-0.39, 0.29) is 0 Å². The topological polar surface area (TPSA) is 15.3 Å². The molecule has 2 nitrogen and oxygen atoms in total. The van der Waals surface area contributed by atoms with Crippen LogP contribution in [0.15, 0.2) is 42.5 Å². The Morgan fingerprint density at radius 1 is 1.00 bits per heavy atom. The summed E-state index contributed by atoms with van der Waals surface area (Å²) >= 11 is 0. The molecule has 0 fully saturated rings. The Hall–Kier alpha value is -1.38. The number of likely N-dealkylation sites (N-methyl/N-ethyl adjacent to an activating group) is 2. The molecule has 0 amide bonds. The molecule has 2 heteroatoms. The summed E-state index contributed by atoms with van der Waals surface area (Å²) in [6.07, 6.45) is 1.11. The summed E-state index contributed by atoms with van der Waals surface area (Å²) in [5.41, 5.74) is 1.45. The predicted octanol–water partition coefficient (Wildman–Crippen LogP) is 2.53. The van der Waals surface area contributed by atoms with Crippen molar-refractivity contribution >= 4 is 10.8 Å². The Morgan fingerprint density at radius 2 is 1.78 bits per heavy atom. The molecule has 0 heterocycles. The Morgan fingerprint density at radius 3 is 2.61 bits per heavy atom. The van der Waals surface area contributed by atoms with Crippen molar-refractivity contribution in [3.63, 3.8) is 0 Å². The van der Waals surface area contributed by atoms with E-state index in [2.05, 4.69) is 59.7 Å². The van der Waals surface area contributed by atoms with Gasteiger partial charge in [-0.2, -0.15) is 0 Å². The van der Waals surface area contributed by atoms with Crippen LogP contribution in [0.5, 0.6) is 0 Å². The SMILES string of the molecule is CNCCN(C)CCc1cccc2ccccc12. The first-order valence-corrected chi connectivity index (χ1v) is 6.61. The number of fused-ring (bicyclic) bond motifs is 1. The molecule has 0 saturated heterocycles. The highest BCUT2D eigenvalue weighted by molar-refractivity contribution is 5.85. The fraction of sp³-hybridized carbons (Fsp3) is 0.375. The molecule has 2 aromatic rings. The quantitative estimate of drug-likeness (QED) is 0.837. The van der Waals surface area contributed by atoms with Gasteiger partial charge in [-0.3, -0.25) is 0 Å². The van der Waals surface area contributed by atoms with Gasteiger partial charge in [-0.15, -0.1) is 0 Å². The van der Waals surface area contributed by atoms with Gasteiger partial charge in [0.15, 0.2) is 0 Å². The average Bonchev–Trinajstić information content (AvgIpc) is 2.42. The minimum atomic E-state index is 1.05. The van der Waals surface area contributed by atoms with E-state index >= 15 is 0 Å². The molecule has 0 unspecified atom stereocenters. The molecule has 0 radical (unpaired) electrons. The van der Waals surface area contributed by atoms with Crippen LogP contribution in [-0.4, -0.2) is 38.6 Å². The molecule has 0 atom stereocenters. The first-order chi connectivity index (χ1) is 8.81. The van der Waals surface area contributed by atoms with E-state index in [1.165, 1.54) is 16.3 Å². The fourth-order valence-electron chi connectivity index (χ4n) is 2.24. The minimum Gasteiger partial charge on any atom is -0.318 e. The van der Waals surface area contributed by atoms with Gasteiger partial charge in [0.25, 0.3) is 0 Å². The van der Waals surface area contributed by atoms with Crippen molar-refractivity contribution in [3.8, 4) is 0 Å². The zero-order valence-electron chi connectivity index (χ0n) is 11.3. The lowest BCUT2D eigenvalue weighted by Gasteiger charge is -2.16. The Bertz CT molecular complexity index is 488. The molecule has 18 heavy (non-hydrogen) atoms. The van der Waals surface area contributed by atoms with E-state index in [1.54, 1.807) is 0 Å². The van der Waals surface area contributed by atoms with Gasteiger partial charge in [0, 0.05) is 19.6 Å². The van der Waals surface area contributed by atoms with Crippen molar-refractivity contribution in [1.29, 1.82) is 0 Å². The molecule has 2 aromatic carbocycles. The van der Waals surface area contributed by atoms with Gasteiger partial charge in [0.2, 0.25) is 0 Å². The van der Waals surface area contributed by atoms with Gasteiger partial charge in [0.1, 0.15) is 0 Å². The Kier molecular flexibility index (Phi) is 4.73. The van der Waals surface area contributed by atoms with Crippen LogP contribution >= 0.6 is 0 Å². The molecular weight excluding hydrogens is 220 g/mol. The molecule has 0 bridgehead atoms. The van der Waals surface area contributed by atoms with Crippen LogP contribution in [-0.2, 0) is 6.42 Å². The summed E-state index contributed by atoms with van der Waals surface area (Å²) in [6, 6.07) is 15.2. The van der Waals surface area contributed by atoms with Crippen molar-refractivity contribution in [2.45, 2.75) is 6.42 Å².